The van der Waals surface area contributed by atoms with Gasteiger partial charge in [0.15, 0.2) is 0 Å². The highest BCUT2D eigenvalue weighted by molar-refractivity contribution is 5.49. The van der Waals surface area contributed by atoms with Crippen LogP contribution in [0.2, 0.25) is 0 Å². The van der Waals surface area contributed by atoms with Crippen molar-refractivity contribution in [3.63, 3.8) is 0 Å². The van der Waals surface area contributed by atoms with E-state index < -0.39 is 0 Å². The fraction of sp³-hybridized carbons (Fsp3) is 0.600. The molecular weight excluding hydrogens is 224 g/mol. The molecule has 1 N–H and O–H groups in total. The van der Waals surface area contributed by atoms with Crippen LogP contribution in [0.25, 0.3) is 0 Å². The Morgan fingerprint density at radius 2 is 2.17 bits per heavy atom. The molecule has 1 fully saturated rings. The Morgan fingerprint density at radius 3 is 2.78 bits per heavy atom. The summed E-state index contributed by atoms with van der Waals surface area (Å²) in [6.07, 6.45) is 3.95. The molecule has 0 spiro atoms. The van der Waals surface area contributed by atoms with Gasteiger partial charge in [-0.15, -0.1) is 0 Å². The van der Waals surface area contributed by atoms with E-state index in [1.165, 1.54) is 18.5 Å². The molecule has 1 saturated carbocycles. The average molecular weight is 248 g/mol. The van der Waals surface area contributed by atoms with E-state index in [4.69, 9.17) is 4.74 Å². The smallest absolute Gasteiger partial charge is 0.121 e. The van der Waals surface area contributed by atoms with Crippen LogP contribution in [0, 0.1) is 0 Å². The van der Waals surface area contributed by atoms with Crippen LogP contribution < -0.4 is 15.0 Å². The first-order chi connectivity index (χ1) is 8.69. The lowest BCUT2D eigenvalue weighted by atomic mass is 10.2. The van der Waals surface area contributed by atoms with Gasteiger partial charge in [-0.2, -0.15) is 0 Å². The van der Waals surface area contributed by atoms with Crippen molar-refractivity contribution in [2.24, 2.45) is 0 Å². The van der Waals surface area contributed by atoms with E-state index in [0.29, 0.717) is 0 Å². The third kappa shape index (κ3) is 3.91. The van der Waals surface area contributed by atoms with E-state index in [1.807, 2.05) is 26.2 Å². The average Bonchev–Trinajstić information content (AvgIpc) is 3.18. The van der Waals surface area contributed by atoms with Gasteiger partial charge in [0.25, 0.3) is 0 Å². The number of hydrogen-bond acceptors (Lipinski definition) is 3. The molecule has 3 heteroatoms. The van der Waals surface area contributed by atoms with Crippen LogP contribution in [0.4, 0.5) is 5.69 Å². The fourth-order valence-corrected chi connectivity index (χ4v) is 1.88. The van der Waals surface area contributed by atoms with E-state index in [9.17, 15) is 0 Å². The maximum atomic E-state index is 6.04. The molecule has 0 amide bonds. The Balaban J connectivity index is 1.90. The second kappa shape index (κ2) is 6.10. The molecule has 1 atom stereocenters. The zero-order chi connectivity index (χ0) is 13.0. The zero-order valence-corrected chi connectivity index (χ0v) is 11.6. The van der Waals surface area contributed by atoms with Crippen molar-refractivity contribution < 1.29 is 4.74 Å². The van der Waals surface area contributed by atoms with Gasteiger partial charge in [-0.1, -0.05) is 13.0 Å². The fourth-order valence-electron chi connectivity index (χ4n) is 1.88. The Morgan fingerprint density at radius 1 is 1.39 bits per heavy atom. The van der Waals surface area contributed by atoms with Crippen molar-refractivity contribution in [1.82, 2.24) is 5.32 Å². The van der Waals surface area contributed by atoms with Crippen molar-refractivity contribution in [3.8, 4) is 5.75 Å². The van der Waals surface area contributed by atoms with Crippen molar-refractivity contribution in [1.29, 1.82) is 0 Å². The van der Waals surface area contributed by atoms with Crippen LogP contribution in [-0.2, 0) is 0 Å². The maximum Gasteiger partial charge on any atom is 0.121 e. The molecule has 0 aromatic heterocycles. The summed E-state index contributed by atoms with van der Waals surface area (Å²) in [6.45, 7) is 3.13. The summed E-state index contributed by atoms with van der Waals surface area (Å²) in [5.74, 6) is 0.964. The zero-order valence-electron chi connectivity index (χ0n) is 11.6. The second-order valence-electron chi connectivity index (χ2n) is 5.22. The lowest BCUT2D eigenvalue weighted by molar-refractivity contribution is 0.193. The summed E-state index contributed by atoms with van der Waals surface area (Å²) in [7, 11) is 4.09. The summed E-state index contributed by atoms with van der Waals surface area (Å²) in [6, 6.07) is 9.02. The molecule has 0 radical (unpaired) electrons. The predicted octanol–water partition coefficient (Wildman–Crippen LogP) is 2.66. The van der Waals surface area contributed by atoms with Gasteiger partial charge in [0, 0.05) is 38.4 Å². The molecule has 2 rings (SSSR count). The molecule has 0 bridgehead atoms. The quantitative estimate of drug-likeness (QED) is 0.803. The number of nitrogens with zero attached hydrogens (tertiary/aromatic N) is 1. The normalized spacial score (nSPS) is 16.4. The third-order valence-electron chi connectivity index (χ3n) is 3.30. The van der Waals surface area contributed by atoms with E-state index >= 15 is 0 Å². The molecule has 3 nitrogen and oxygen atoms in total. The Hall–Kier alpha value is -1.22. The largest absolute Gasteiger partial charge is 0.489 e. The van der Waals surface area contributed by atoms with E-state index in [2.05, 4.69) is 29.3 Å². The number of rotatable bonds is 7. The second-order valence-corrected chi connectivity index (χ2v) is 5.22. The highest BCUT2D eigenvalue weighted by atomic mass is 16.5. The molecule has 0 saturated heterocycles. The molecule has 0 heterocycles. The summed E-state index contributed by atoms with van der Waals surface area (Å²) < 4.78 is 6.04. The summed E-state index contributed by atoms with van der Waals surface area (Å²) in [5, 5.41) is 3.53. The van der Waals surface area contributed by atoms with Gasteiger partial charge in [-0.25, -0.2) is 0 Å². The third-order valence-corrected chi connectivity index (χ3v) is 3.30. The molecule has 18 heavy (non-hydrogen) atoms. The van der Waals surface area contributed by atoms with E-state index in [-0.39, 0.29) is 6.10 Å². The SMILES string of the molecule is CCC(CNC1CC1)Oc1cccc(N(C)C)c1. The minimum Gasteiger partial charge on any atom is -0.489 e. The molecule has 100 valence electrons. The van der Waals surface area contributed by atoms with E-state index in [1.54, 1.807) is 0 Å². The molecule has 1 aliphatic rings. The minimum absolute atomic E-state index is 0.267. The molecule has 0 aliphatic heterocycles. The standard InChI is InChI=1S/C15H24N2O/c1-4-14(11-16-12-8-9-12)18-15-7-5-6-13(10-15)17(2)3/h5-7,10,12,14,16H,4,8-9,11H2,1-3H3. The van der Waals surface area contributed by atoms with Crippen LogP contribution in [0.1, 0.15) is 26.2 Å². The molecule has 1 aromatic rings. The van der Waals surface area contributed by atoms with Gasteiger partial charge in [0.05, 0.1) is 0 Å². The highest BCUT2D eigenvalue weighted by Crippen LogP contribution is 2.22. The van der Waals surface area contributed by atoms with Crippen molar-refractivity contribution in [3.05, 3.63) is 24.3 Å². The monoisotopic (exact) mass is 248 g/mol. The molecule has 1 aliphatic carbocycles. The van der Waals surface area contributed by atoms with Gasteiger partial charge < -0.3 is 15.0 Å². The van der Waals surface area contributed by atoms with E-state index in [0.717, 1.165) is 24.8 Å². The first-order valence-electron chi connectivity index (χ1n) is 6.86. The lowest BCUT2D eigenvalue weighted by Gasteiger charge is -2.20. The van der Waals surface area contributed by atoms with Crippen molar-refractivity contribution in [2.45, 2.75) is 38.3 Å². The molecule has 1 aromatic carbocycles. The van der Waals surface area contributed by atoms with Gasteiger partial charge >= 0.3 is 0 Å². The number of hydrogen-bond donors (Lipinski definition) is 1. The van der Waals surface area contributed by atoms with Crippen molar-refractivity contribution >= 4 is 5.69 Å². The lowest BCUT2D eigenvalue weighted by Crippen LogP contribution is -2.32. The molecule has 1 unspecified atom stereocenters. The minimum atomic E-state index is 0.267. The van der Waals surface area contributed by atoms with Crippen LogP contribution in [0.5, 0.6) is 5.75 Å². The van der Waals surface area contributed by atoms with Gasteiger partial charge in [0.2, 0.25) is 0 Å². The summed E-state index contributed by atoms with van der Waals surface area (Å²) >= 11 is 0. The topological polar surface area (TPSA) is 24.5 Å². The first kappa shape index (κ1) is 13.2. The first-order valence-corrected chi connectivity index (χ1v) is 6.86. The maximum absolute atomic E-state index is 6.04. The van der Waals surface area contributed by atoms with Crippen molar-refractivity contribution in [2.75, 3.05) is 25.5 Å². The Labute approximate surface area is 110 Å². The van der Waals surface area contributed by atoms with Gasteiger partial charge in [-0.3, -0.25) is 0 Å². The number of nitrogens with one attached hydrogen (secondary N) is 1. The van der Waals surface area contributed by atoms with Crippen LogP contribution in [0.3, 0.4) is 0 Å². The summed E-state index contributed by atoms with van der Waals surface area (Å²) in [4.78, 5) is 2.09. The van der Waals surface area contributed by atoms with Crippen LogP contribution in [-0.4, -0.2) is 32.8 Å². The van der Waals surface area contributed by atoms with Crippen LogP contribution >= 0.6 is 0 Å². The van der Waals surface area contributed by atoms with Gasteiger partial charge in [-0.05, 0) is 31.4 Å². The predicted molar refractivity (Wildman–Crippen MR) is 76.5 cm³/mol. The molecular formula is C15H24N2O. The Kier molecular flexibility index (Phi) is 4.48. The number of anilines is 1. The highest BCUT2D eigenvalue weighted by Gasteiger charge is 2.21. The number of benzene rings is 1. The Bertz CT molecular complexity index is 375. The number of ether oxygens (including phenoxy) is 1. The van der Waals surface area contributed by atoms with Crippen LogP contribution in [0.15, 0.2) is 24.3 Å². The van der Waals surface area contributed by atoms with Gasteiger partial charge in [0.1, 0.15) is 11.9 Å². The summed E-state index contributed by atoms with van der Waals surface area (Å²) in [5.41, 5.74) is 1.18.